The van der Waals surface area contributed by atoms with Crippen molar-refractivity contribution in [1.29, 1.82) is 5.26 Å². The molecule has 6 nitrogen and oxygen atoms in total. The van der Waals surface area contributed by atoms with Crippen molar-refractivity contribution in [2.45, 2.75) is 25.3 Å². The molecular formula is C24H25N5O. The number of rotatable bonds is 4. The van der Waals surface area contributed by atoms with Gasteiger partial charge in [0.25, 0.3) is 5.56 Å². The van der Waals surface area contributed by atoms with Gasteiger partial charge in [0.1, 0.15) is 11.6 Å². The van der Waals surface area contributed by atoms with Crippen molar-refractivity contribution >= 4 is 5.82 Å². The molecular weight excluding hydrogens is 374 g/mol. The van der Waals surface area contributed by atoms with E-state index in [1.807, 2.05) is 48.5 Å². The molecule has 2 aromatic carbocycles. The molecule has 0 aliphatic carbocycles. The van der Waals surface area contributed by atoms with Crippen molar-refractivity contribution in [2.24, 2.45) is 12.8 Å². The predicted molar refractivity (Wildman–Crippen MR) is 118 cm³/mol. The summed E-state index contributed by atoms with van der Waals surface area (Å²) in [5, 5.41) is 9.49. The Morgan fingerprint density at radius 1 is 1.17 bits per heavy atom. The van der Waals surface area contributed by atoms with Gasteiger partial charge in [0, 0.05) is 38.2 Å². The molecule has 30 heavy (non-hydrogen) atoms. The minimum absolute atomic E-state index is 0.0593. The van der Waals surface area contributed by atoms with Crippen LogP contribution >= 0.6 is 0 Å². The van der Waals surface area contributed by atoms with Gasteiger partial charge >= 0.3 is 0 Å². The van der Waals surface area contributed by atoms with Crippen LogP contribution in [0.25, 0.3) is 11.4 Å². The topological polar surface area (TPSA) is 87.9 Å². The molecule has 1 unspecified atom stereocenters. The summed E-state index contributed by atoms with van der Waals surface area (Å²) < 4.78 is 1.60. The first-order valence-corrected chi connectivity index (χ1v) is 10.2. The second kappa shape index (κ2) is 8.52. The number of benzene rings is 2. The third-order valence-corrected chi connectivity index (χ3v) is 5.66. The molecule has 0 saturated carbocycles. The zero-order valence-electron chi connectivity index (χ0n) is 17.1. The lowest BCUT2D eigenvalue weighted by Crippen LogP contribution is -2.44. The van der Waals surface area contributed by atoms with Gasteiger partial charge in [-0.3, -0.25) is 9.36 Å². The van der Waals surface area contributed by atoms with Crippen LogP contribution in [0.4, 0.5) is 5.82 Å². The maximum atomic E-state index is 13.5. The molecule has 1 saturated heterocycles. The van der Waals surface area contributed by atoms with Gasteiger partial charge in [-0.25, -0.2) is 4.98 Å². The highest BCUT2D eigenvalue weighted by Crippen LogP contribution is 2.26. The molecule has 1 fully saturated rings. The van der Waals surface area contributed by atoms with Crippen molar-refractivity contribution < 1.29 is 0 Å². The average Bonchev–Trinajstić information content (AvgIpc) is 2.78. The van der Waals surface area contributed by atoms with E-state index in [0.717, 1.165) is 30.5 Å². The first kappa shape index (κ1) is 19.9. The van der Waals surface area contributed by atoms with E-state index in [0.29, 0.717) is 35.7 Å². The van der Waals surface area contributed by atoms with Crippen LogP contribution in [0, 0.1) is 11.3 Å². The second-order valence-corrected chi connectivity index (χ2v) is 7.76. The monoisotopic (exact) mass is 399 g/mol. The molecule has 2 heterocycles. The summed E-state index contributed by atoms with van der Waals surface area (Å²) in [6.45, 7) is 1.48. The molecule has 152 valence electrons. The van der Waals surface area contributed by atoms with Gasteiger partial charge in [0.05, 0.1) is 17.2 Å². The average molecular weight is 399 g/mol. The Balaban J connectivity index is 1.89. The second-order valence-electron chi connectivity index (χ2n) is 7.76. The summed E-state index contributed by atoms with van der Waals surface area (Å²) >= 11 is 0. The van der Waals surface area contributed by atoms with Gasteiger partial charge in [-0.1, -0.05) is 48.5 Å². The summed E-state index contributed by atoms with van der Waals surface area (Å²) in [5.74, 6) is 1.31. The predicted octanol–water partition coefficient (Wildman–Crippen LogP) is 2.84. The molecule has 2 N–H and O–H groups in total. The number of anilines is 1. The normalized spacial score (nSPS) is 16.3. The van der Waals surface area contributed by atoms with Crippen LogP contribution < -0.4 is 16.2 Å². The van der Waals surface area contributed by atoms with E-state index in [1.165, 1.54) is 0 Å². The molecule has 1 aromatic heterocycles. The van der Waals surface area contributed by atoms with Crippen molar-refractivity contribution in [3.8, 4) is 17.5 Å². The van der Waals surface area contributed by atoms with Gasteiger partial charge in [-0.05, 0) is 24.5 Å². The zero-order chi connectivity index (χ0) is 21.1. The Kier molecular flexibility index (Phi) is 5.64. The molecule has 3 aromatic rings. The van der Waals surface area contributed by atoms with Crippen LogP contribution in [0.5, 0.6) is 0 Å². The summed E-state index contributed by atoms with van der Waals surface area (Å²) in [4.78, 5) is 20.6. The Morgan fingerprint density at radius 3 is 2.63 bits per heavy atom. The highest BCUT2D eigenvalue weighted by atomic mass is 16.1. The summed E-state index contributed by atoms with van der Waals surface area (Å²) in [5.41, 5.74) is 9.04. The van der Waals surface area contributed by atoms with Crippen molar-refractivity contribution in [3.63, 3.8) is 0 Å². The SMILES string of the molecule is Cn1c(-c2ccccc2)nc(N2CCCC(N)C2)c(Cc2ccccc2C#N)c1=O. The number of aromatic nitrogens is 2. The van der Waals surface area contributed by atoms with Crippen LogP contribution in [0.1, 0.15) is 29.5 Å². The third-order valence-electron chi connectivity index (χ3n) is 5.66. The van der Waals surface area contributed by atoms with Crippen molar-refractivity contribution in [3.05, 3.63) is 81.6 Å². The fourth-order valence-electron chi connectivity index (χ4n) is 4.08. The van der Waals surface area contributed by atoms with Gasteiger partial charge < -0.3 is 10.6 Å². The number of hydrogen-bond donors (Lipinski definition) is 1. The molecule has 1 aliphatic heterocycles. The van der Waals surface area contributed by atoms with Gasteiger partial charge in [-0.2, -0.15) is 5.26 Å². The number of hydrogen-bond acceptors (Lipinski definition) is 5. The van der Waals surface area contributed by atoms with E-state index in [4.69, 9.17) is 10.7 Å². The number of piperidine rings is 1. The van der Waals surface area contributed by atoms with E-state index in [2.05, 4.69) is 11.0 Å². The molecule has 0 radical (unpaired) electrons. The maximum Gasteiger partial charge on any atom is 0.259 e. The van der Waals surface area contributed by atoms with E-state index in [9.17, 15) is 10.1 Å². The lowest BCUT2D eigenvalue weighted by molar-refractivity contribution is 0.501. The van der Waals surface area contributed by atoms with Gasteiger partial charge in [0.2, 0.25) is 0 Å². The first-order valence-electron chi connectivity index (χ1n) is 10.2. The Labute approximate surface area is 176 Å². The molecule has 1 atom stereocenters. The number of nitrogens with zero attached hydrogens (tertiary/aromatic N) is 4. The number of nitriles is 1. The van der Waals surface area contributed by atoms with E-state index >= 15 is 0 Å². The van der Waals surface area contributed by atoms with Crippen LogP contribution in [-0.2, 0) is 13.5 Å². The van der Waals surface area contributed by atoms with E-state index in [-0.39, 0.29) is 11.6 Å². The molecule has 6 heteroatoms. The Bertz CT molecular complexity index is 1150. The maximum absolute atomic E-state index is 13.5. The lowest BCUT2D eigenvalue weighted by atomic mass is 9.99. The Hall–Kier alpha value is -3.43. The smallest absolute Gasteiger partial charge is 0.259 e. The Morgan fingerprint density at radius 2 is 1.90 bits per heavy atom. The fraction of sp³-hybridized carbons (Fsp3) is 0.292. The summed E-state index contributed by atoms with van der Waals surface area (Å²) in [6, 6.07) is 19.4. The minimum Gasteiger partial charge on any atom is -0.355 e. The molecule has 0 bridgehead atoms. The molecule has 1 aliphatic rings. The standard InChI is InChI=1S/C24H25N5O/c1-28-22(17-8-3-2-4-9-17)27-23(29-13-7-12-20(26)16-29)21(24(28)30)14-18-10-5-6-11-19(18)15-25/h2-6,8-11,20H,7,12-14,16,26H2,1H3. The third kappa shape index (κ3) is 3.85. The highest BCUT2D eigenvalue weighted by molar-refractivity contribution is 5.61. The van der Waals surface area contributed by atoms with Crippen LogP contribution in [0.2, 0.25) is 0 Å². The van der Waals surface area contributed by atoms with Gasteiger partial charge in [-0.15, -0.1) is 0 Å². The summed E-state index contributed by atoms with van der Waals surface area (Å²) in [6.07, 6.45) is 2.30. The molecule has 4 rings (SSSR count). The van der Waals surface area contributed by atoms with E-state index in [1.54, 1.807) is 17.7 Å². The molecule has 0 spiro atoms. The van der Waals surface area contributed by atoms with Crippen LogP contribution in [-0.4, -0.2) is 28.7 Å². The van der Waals surface area contributed by atoms with E-state index < -0.39 is 0 Å². The highest BCUT2D eigenvalue weighted by Gasteiger charge is 2.25. The first-order chi connectivity index (χ1) is 14.6. The quantitative estimate of drug-likeness (QED) is 0.729. The summed E-state index contributed by atoms with van der Waals surface area (Å²) in [7, 11) is 1.75. The van der Waals surface area contributed by atoms with Crippen LogP contribution in [0.3, 0.4) is 0 Å². The van der Waals surface area contributed by atoms with Crippen molar-refractivity contribution in [2.75, 3.05) is 18.0 Å². The molecule has 0 amide bonds. The fourth-order valence-corrected chi connectivity index (χ4v) is 4.08. The van der Waals surface area contributed by atoms with Gasteiger partial charge in [0.15, 0.2) is 0 Å². The minimum atomic E-state index is -0.0919. The van der Waals surface area contributed by atoms with Crippen molar-refractivity contribution in [1.82, 2.24) is 9.55 Å². The largest absolute Gasteiger partial charge is 0.355 e. The van der Waals surface area contributed by atoms with Crippen LogP contribution in [0.15, 0.2) is 59.4 Å². The number of nitrogens with two attached hydrogens (primary N) is 1. The lowest BCUT2D eigenvalue weighted by Gasteiger charge is -2.33. The zero-order valence-corrected chi connectivity index (χ0v) is 17.1.